The van der Waals surface area contributed by atoms with E-state index < -0.39 is 6.10 Å². The van der Waals surface area contributed by atoms with Crippen LogP contribution in [0.25, 0.3) is 0 Å². The van der Waals surface area contributed by atoms with Crippen molar-refractivity contribution >= 4 is 34.8 Å². The third kappa shape index (κ3) is 5.11. The molecule has 0 fully saturated rings. The van der Waals surface area contributed by atoms with Gasteiger partial charge < -0.3 is 15.4 Å². The Labute approximate surface area is 168 Å². The lowest BCUT2D eigenvalue weighted by atomic mass is 10.1. The number of ether oxygens (including phenoxy) is 1. The van der Waals surface area contributed by atoms with Gasteiger partial charge in [-0.2, -0.15) is 0 Å². The number of benzene rings is 3. The van der Waals surface area contributed by atoms with Crippen molar-refractivity contribution in [1.82, 2.24) is 0 Å². The predicted molar refractivity (Wildman–Crippen MR) is 111 cm³/mol. The summed E-state index contributed by atoms with van der Waals surface area (Å²) < 4.78 is 5.76. The van der Waals surface area contributed by atoms with E-state index in [0.29, 0.717) is 27.7 Å². The lowest BCUT2D eigenvalue weighted by Crippen LogP contribution is -2.30. The molecule has 1 atom stereocenters. The van der Waals surface area contributed by atoms with Crippen LogP contribution in [-0.2, 0) is 4.79 Å². The standard InChI is InChI=1S/C22H19ClN2O3/c1-15(21(26)24-18-13-11-16(23)12-14-18)28-20-10-6-5-9-19(20)22(27)25-17-7-3-2-4-8-17/h2-15H,1H3,(H,24,26)(H,25,27)/t15-/m0/s1. The van der Waals surface area contributed by atoms with Crippen LogP contribution in [-0.4, -0.2) is 17.9 Å². The fraction of sp³-hybridized carbons (Fsp3) is 0.0909. The minimum Gasteiger partial charge on any atom is -0.480 e. The fourth-order valence-electron chi connectivity index (χ4n) is 2.50. The van der Waals surface area contributed by atoms with Crippen molar-refractivity contribution in [2.45, 2.75) is 13.0 Å². The molecule has 0 aliphatic heterocycles. The maximum absolute atomic E-state index is 12.6. The molecular weight excluding hydrogens is 376 g/mol. The van der Waals surface area contributed by atoms with Gasteiger partial charge in [0, 0.05) is 16.4 Å². The molecule has 5 nitrogen and oxygen atoms in total. The monoisotopic (exact) mass is 394 g/mol. The lowest BCUT2D eigenvalue weighted by molar-refractivity contribution is -0.122. The normalized spacial score (nSPS) is 11.4. The summed E-state index contributed by atoms with van der Waals surface area (Å²) in [6, 6.07) is 22.7. The van der Waals surface area contributed by atoms with Gasteiger partial charge in [-0.05, 0) is 55.5 Å². The molecule has 0 saturated carbocycles. The summed E-state index contributed by atoms with van der Waals surface area (Å²) in [5, 5.41) is 6.15. The van der Waals surface area contributed by atoms with Crippen LogP contribution < -0.4 is 15.4 Å². The third-order valence-electron chi connectivity index (χ3n) is 3.95. The van der Waals surface area contributed by atoms with Crippen LogP contribution in [0.15, 0.2) is 78.9 Å². The quantitative estimate of drug-likeness (QED) is 0.618. The van der Waals surface area contributed by atoms with Gasteiger partial charge in [-0.1, -0.05) is 41.9 Å². The van der Waals surface area contributed by atoms with E-state index in [2.05, 4.69) is 10.6 Å². The number of nitrogens with one attached hydrogen (secondary N) is 2. The van der Waals surface area contributed by atoms with Crippen LogP contribution in [0.1, 0.15) is 17.3 Å². The molecule has 0 saturated heterocycles. The van der Waals surface area contributed by atoms with Crippen LogP contribution in [0.3, 0.4) is 0 Å². The second kappa shape index (κ2) is 9.06. The summed E-state index contributed by atoms with van der Waals surface area (Å²) in [6.07, 6.45) is -0.804. The van der Waals surface area contributed by atoms with E-state index in [1.807, 2.05) is 18.2 Å². The molecule has 2 amide bonds. The number of rotatable bonds is 6. The molecule has 0 aliphatic carbocycles. The molecule has 0 unspecified atom stereocenters. The highest BCUT2D eigenvalue weighted by Gasteiger charge is 2.19. The number of para-hydroxylation sites is 2. The van der Waals surface area contributed by atoms with Crippen molar-refractivity contribution in [1.29, 1.82) is 0 Å². The molecule has 2 N–H and O–H groups in total. The topological polar surface area (TPSA) is 67.4 Å². The van der Waals surface area contributed by atoms with Crippen molar-refractivity contribution in [2.24, 2.45) is 0 Å². The second-order valence-electron chi connectivity index (χ2n) is 6.07. The molecule has 0 bridgehead atoms. The van der Waals surface area contributed by atoms with Crippen LogP contribution in [0, 0.1) is 0 Å². The number of anilines is 2. The predicted octanol–water partition coefficient (Wildman–Crippen LogP) is 5.00. The molecule has 28 heavy (non-hydrogen) atoms. The largest absolute Gasteiger partial charge is 0.480 e. The van der Waals surface area contributed by atoms with Gasteiger partial charge in [-0.15, -0.1) is 0 Å². The van der Waals surface area contributed by atoms with Crippen molar-refractivity contribution in [2.75, 3.05) is 10.6 Å². The summed E-state index contributed by atoms with van der Waals surface area (Å²) >= 11 is 5.85. The Morgan fingerprint density at radius 3 is 2.14 bits per heavy atom. The van der Waals surface area contributed by atoms with Gasteiger partial charge in [-0.25, -0.2) is 0 Å². The van der Waals surface area contributed by atoms with E-state index in [1.165, 1.54) is 0 Å². The highest BCUT2D eigenvalue weighted by atomic mass is 35.5. The Morgan fingerprint density at radius 1 is 0.821 bits per heavy atom. The van der Waals surface area contributed by atoms with E-state index in [0.717, 1.165) is 0 Å². The second-order valence-corrected chi connectivity index (χ2v) is 6.51. The zero-order valence-corrected chi connectivity index (χ0v) is 15.9. The summed E-state index contributed by atoms with van der Waals surface area (Å²) in [5.74, 6) is -0.317. The Kier molecular flexibility index (Phi) is 6.29. The number of hydrogen-bond acceptors (Lipinski definition) is 3. The van der Waals surface area contributed by atoms with Crippen molar-refractivity contribution in [3.8, 4) is 5.75 Å². The van der Waals surface area contributed by atoms with E-state index in [-0.39, 0.29) is 11.8 Å². The molecule has 142 valence electrons. The minimum absolute atomic E-state index is 0.313. The number of carbonyl (C=O) groups is 2. The summed E-state index contributed by atoms with van der Waals surface area (Å²) in [6.45, 7) is 1.62. The summed E-state index contributed by atoms with van der Waals surface area (Å²) in [5.41, 5.74) is 1.63. The lowest BCUT2D eigenvalue weighted by Gasteiger charge is -2.17. The average Bonchev–Trinajstić information content (AvgIpc) is 2.70. The van der Waals surface area contributed by atoms with Gasteiger partial charge in [-0.3, -0.25) is 9.59 Å². The first-order valence-electron chi connectivity index (χ1n) is 8.71. The number of carbonyl (C=O) groups excluding carboxylic acids is 2. The van der Waals surface area contributed by atoms with Crippen LogP contribution in [0.2, 0.25) is 5.02 Å². The van der Waals surface area contributed by atoms with Gasteiger partial charge in [0.1, 0.15) is 5.75 Å². The van der Waals surface area contributed by atoms with Gasteiger partial charge >= 0.3 is 0 Å². The smallest absolute Gasteiger partial charge is 0.265 e. The van der Waals surface area contributed by atoms with Crippen LogP contribution >= 0.6 is 11.6 Å². The maximum atomic E-state index is 12.6. The molecular formula is C22H19ClN2O3. The Hall–Kier alpha value is -3.31. The zero-order valence-electron chi connectivity index (χ0n) is 15.2. The van der Waals surface area contributed by atoms with Crippen LogP contribution in [0.5, 0.6) is 5.75 Å². The van der Waals surface area contributed by atoms with Gasteiger partial charge in [0.15, 0.2) is 6.10 Å². The SMILES string of the molecule is C[C@H](Oc1ccccc1C(=O)Nc1ccccc1)C(=O)Nc1ccc(Cl)cc1. The zero-order chi connectivity index (χ0) is 19.9. The van der Waals surface area contributed by atoms with Gasteiger partial charge in [0.05, 0.1) is 5.56 Å². The fourth-order valence-corrected chi connectivity index (χ4v) is 2.62. The van der Waals surface area contributed by atoms with Crippen molar-refractivity contribution in [3.05, 3.63) is 89.4 Å². The average molecular weight is 395 g/mol. The van der Waals surface area contributed by atoms with Crippen LogP contribution in [0.4, 0.5) is 11.4 Å². The first kappa shape index (κ1) is 19.5. The molecule has 0 radical (unpaired) electrons. The maximum Gasteiger partial charge on any atom is 0.265 e. The summed E-state index contributed by atoms with van der Waals surface area (Å²) in [4.78, 5) is 25.0. The highest BCUT2D eigenvalue weighted by Crippen LogP contribution is 2.22. The minimum atomic E-state index is -0.804. The first-order valence-corrected chi connectivity index (χ1v) is 9.09. The molecule has 0 heterocycles. The number of hydrogen-bond donors (Lipinski definition) is 2. The molecule has 6 heteroatoms. The third-order valence-corrected chi connectivity index (χ3v) is 4.20. The number of amides is 2. The summed E-state index contributed by atoms with van der Waals surface area (Å²) in [7, 11) is 0. The molecule has 3 rings (SSSR count). The first-order chi connectivity index (χ1) is 13.5. The molecule has 0 spiro atoms. The van der Waals surface area contributed by atoms with Gasteiger partial charge in [0.2, 0.25) is 0 Å². The Morgan fingerprint density at radius 2 is 1.43 bits per heavy atom. The van der Waals surface area contributed by atoms with Crippen molar-refractivity contribution < 1.29 is 14.3 Å². The van der Waals surface area contributed by atoms with E-state index in [9.17, 15) is 9.59 Å². The Balaban J connectivity index is 1.69. The van der Waals surface area contributed by atoms with Gasteiger partial charge in [0.25, 0.3) is 11.8 Å². The number of halogens is 1. The molecule has 0 aromatic heterocycles. The Bertz CT molecular complexity index is 959. The van der Waals surface area contributed by atoms with E-state index in [1.54, 1.807) is 67.6 Å². The molecule has 3 aromatic rings. The van der Waals surface area contributed by atoms with E-state index in [4.69, 9.17) is 16.3 Å². The van der Waals surface area contributed by atoms with Crippen molar-refractivity contribution in [3.63, 3.8) is 0 Å². The molecule has 0 aliphatic rings. The molecule has 3 aromatic carbocycles. The highest BCUT2D eigenvalue weighted by molar-refractivity contribution is 6.30. The van der Waals surface area contributed by atoms with E-state index >= 15 is 0 Å².